The van der Waals surface area contributed by atoms with E-state index in [1.54, 1.807) is 12.1 Å². The van der Waals surface area contributed by atoms with Crippen LogP contribution >= 0.6 is 0 Å². The van der Waals surface area contributed by atoms with Gasteiger partial charge in [0.15, 0.2) is 0 Å². The molecule has 4 rings (SSSR count). The van der Waals surface area contributed by atoms with Crippen molar-refractivity contribution in [3.63, 3.8) is 0 Å². The number of amides is 1. The van der Waals surface area contributed by atoms with Gasteiger partial charge in [0.25, 0.3) is 5.91 Å². The highest BCUT2D eigenvalue weighted by molar-refractivity contribution is 5.96. The van der Waals surface area contributed by atoms with E-state index < -0.39 is 5.97 Å². The maximum atomic E-state index is 13.1. The molecular formula is C20H19NO3. The molecule has 1 saturated carbocycles. The van der Waals surface area contributed by atoms with Gasteiger partial charge in [0.1, 0.15) is 0 Å². The van der Waals surface area contributed by atoms with Crippen molar-refractivity contribution in [2.45, 2.75) is 37.8 Å². The Bertz CT molecular complexity index is 793. The van der Waals surface area contributed by atoms with E-state index in [4.69, 9.17) is 5.11 Å². The van der Waals surface area contributed by atoms with Crippen LogP contribution in [0.2, 0.25) is 0 Å². The molecule has 0 spiro atoms. The SMILES string of the molecule is O=C(O)c1ccc(C(=O)N(C2CC2)C2CCc3ccccc32)cc1. The van der Waals surface area contributed by atoms with E-state index >= 15 is 0 Å². The van der Waals surface area contributed by atoms with Crippen molar-refractivity contribution in [3.8, 4) is 0 Å². The molecule has 4 nitrogen and oxygen atoms in total. The van der Waals surface area contributed by atoms with Crippen molar-refractivity contribution in [2.75, 3.05) is 0 Å². The van der Waals surface area contributed by atoms with Crippen molar-refractivity contribution in [3.05, 3.63) is 70.8 Å². The lowest BCUT2D eigenvalue weighted by Crippen LogP contribution is -2.36. The summed E-state index contributed by atoms with van der Waals surface area (Å²) in [5.74, 6) is -0.964. The van der Waals surface area contributed by atoms with Crippen molar-refractivity contribution < 1.29 is 14.7 Å². The lowest BCUT2D eigenvalue weighted by molar-refractivity contribution is 0.0653. The minimum absolute atomic E-state index is 0.0103. The third kappa shape index (κ3) is 2.58. The Balaban J connectivity index is 1.64. The zero-order valence-corrected chi connectivity index (χ0v) is 13.3. The standard InChI is InChI=1S/C20H19NO3/c22-19(14-5-7-15(8-6-14)20(23)24)21(16-10-11-16)18-12-9-13-3-1-2-4-17(13)18/h1-8,16,18H,9-12H2,(H,23,24). The maximum absolute atomic E-state index is 13.1. The lowest BCUT2D eigenvalue weighted by Gasteiger charge is -2.30. The number of carboxylic acids is 1. The Labute approximate surface area is 140 Å². The van der Waals surface area contributed by atoms with Crippen LogP contribution in [0.4, 0.5) is 0 Å². The quantitative estimate of drug-likeness (QED) is 0.934. The second-order valence-corrected chi connectivity index (χ2v) is 6.58. The molecule has 0 heterocycles. The van der Waals surface area contributed by atoms with Gasteiger partial charge in [-0.3, -0.25) is 4.79 Å². The summed E-state index contributed by atoms with van der Waals surface area (Å²) in [4.78, 5) is 26.1. The molecule has 2 aromatic rings. The van der Waals surface area contributed by atoms with E-state index in [9.17, 15) is 9.59 Å². The molecule has 1 unspecified atom stereocenters. The number of carbonyl (C=O) groups is 2. The first-order valence-corrected chi connectivity index (χ1v) is 8.39. The van der Waals surface area contributed by atoms with Crippen LogP contribution in [-0.2, 0) is 6.42 Å². The Morgan fingerprint density at radius 3 is 2.25 bits per heavy atom. The largest absolute Gasteiger partial charge is 0.478 e. The predicted molar refractivity (Wildman–Crippen MR) is 90.1 cm³/mol. The average molecular weight is 321 g/mol. The lowest BCUT2D eigenvalue weighted by atomic mass is 10.0. The summed E-state index contributed by atoms with van der Waals surface area (Å²) >= 11 is 0. The summed E-state index contributed by atoms with van der Waals surface area (Å²) in [6.45, 7) is 0. The van der Waals surface area contributed by atoms with Crippen LogP contribution in [0.1, 0.15) is 57.1 Å². The topological polar surface area (TPSA) is 57.6 Å². The van der Waals surface area contributed by atoms with E-state index in [1.165, 1.54) is 23.3 Å². The Hall–Kier alpha value is -2.62. The highest BCUT2D eigenvalue weighted by Crippen LogP contribution is 2.42. The van der Waals surface area contributed by atoms with E-state index in [0.29, 0.717) is 11.6 Å². The molecule has 0 radical (unpaired) electrons. The monoisotopic (exact) mass is 321 g/mol. The van der Waals surface area contributed by atoms with E-state index in [0.717, 1.165) is 25.7 Å². The van der Waals surface area contributed by atoms with Crippen molar-refractivity contribution in [1.29, 1.82) is 0 Å². The van der Waals surface area contributed by atoms with Crippen LogP contribution in [0.25, 0.3) is 0 Å². The number of hydrogen-bond donors (Lipinski definition) is 1. The number of rotatable bonds is 4. The normalized spacial score (nSPS) is 18.9. The number of benzene rings is 2. The molecule has 2 aromatic carbocycles. The number of carboxylic acid groups (broad SMARTS) is 1. The molecule has 1 amide bonds. The smallest absolute Gasteiger partial charge is 0.335 e. The predicted octanol–water partition coefficient (Wildman–Crippen LogP) is 3.68. The molecule has 24 heavy (non-hydrogen) atoms. The molecule has 2 aliphatic rings. The molecule has 0 saturated heterocycles. The fraction of sp³-hybridized carbons (Fsp3) is 0.300. The van der Waals surface area contributed by atoms with Crippen molar-refractivity contribution >= 4 is 11.9 Å². The first-order valence-electron chi connectivity index (χ1n) is 8.39. The second kappa shape index (κ2) is 5.78. The Kier molecular flexibility index (Phi) is 3.60. The molecule has 4 heteroatoms. The summed E-state index contributed by atoms with van der Waals surface area (Å²) in [5, 5.41) is 9.01. The van der Waals surface area contributed by atoms with Crippen LogP contribution in [0, 0.1) is 0 Å². The Morgan fingerprint density at radius 1 is 0.917 bits per heavy atom. The molecule has 1 atom stereocenters. The van der Waals surface area contributed by atoms with Gasteiger partial charge in [-0.15, -0.1) is 0 Å². The highest BCUT2D eigenvalue weighted by atomic mass is 16.4. The molecule has 0 bridgehead atoms. The van der Waals surface area contributed by atoms with Gasteiger partial charge in [0.05, 0.1) is 11.6 Å². The first-order chi connectivity index (χ1) is 11.6. The minimum atomic E-state index is -0.974. The molecule has 122 valence electrons. The van der Waals surface area contributed by atoms with Gasteiger partial charge in [-0.2, -0.15) is 0 Å². The van der Waals surface area contributed by atoms with E-state index in [2.05, 4.69) is 18.2 Å². The summed E-state index contributed by atoms with van der Waals surface area (Å²) in [6, 6.07) is 15.1. The van der Waals surface area contributed by atoms with Gasteiger partial charge in [0.2, 0.25) is 0 Å². The van der Waals surface area contributed by atoms with Crippen LogP contribution in [-0.4, -0.2) is 27.9 Å². The Morgan fingerprint density at radius 2 is 1.58 bits per heavy atom. The number of carbonyl (C=O) groups excluding carboxylic acids is 1. The van der Waals surface area contributed by atoms with Crippen LogP contribution in [0.5, 0.6) is 0 Å². The van der Waals surface area contributed by atoms with Crippen molar-refractivity contribution in [1.82, 2.24) is 4.90 Å². The van der Waals surface area contributed by atoms with Gasteiger partial charge in [-0.05, 0) is 61.1 Å². The molecular weight excluding hydrogens is 302 g/mol. The fourth-order valence-corrected chi connectivity index (χ4v) is 3.64. The number of aromatic carboxylic acids is 1. The van der Waals surface area contributed by atoms with Gasteiger partial charge in [-0.1, -0.05) is 24.3 Å². The number of nitrogens with zero attached hydrogens (tertiary/aromatic N) is 1. The first kappa shape index (κ1) is 14.9. The summed E-state index contributed by atoms with van der Waals surface area (Å²) in [7, 11) is 0. The minimum Gasteiger partial charge on any atom is -0.478 e. The average Bonchev–Trinajstić information content (AvgIpc) is 3.35. The van der Waals surface area contributed by atoms with Gasteiger partial charge >= 0.3 is 5.97 Å². The third-order valence-corrected chi connectivity index (χ3v) is 4.99. The fourth-order valence-electron chi connectivity index (χ4n) is 3.64. The number of aryl methyl sites for hydroxylation is 1. The molecule has 2 aliphatic carbocycles. The summed E-state index contributed by atoms with van der Waals surface area (Å²) < 4.78 is 0. The van der Waals surface area contributed by atoms with Crippen LogP contribution in [0.3, 0.4) is 0 Å². The molecule has 0 aliphatic heterocycles. The van der Waals surface area contributed by atoms with E-state index in [1.807, 2.05) is 11.0 Å². The van der Waals surface area contributed by atoms with Gasteiger partial charge < -0.3 is 10.0 Å². The van der Waals surface area contributed by atoms with Crippen LogP contribution in [0.15, 0.2) is 48.5 Å². The van der Waals surface area contributed by atoms with Gasteiger partial charge in [0, 0.05) is 11.6 Å². The second-order valence-electron chi connectivity index (χ2n) is 6.58. The number of fused-ring (bicyclic) bond motifs is 1. The van der Waals surface area contributed by atoms with Crippen molar-refractivity contribution in [2.24, 2.45) is 0 Å². The zero-order chi connectivity index (χ0) is 16.7. The molecule has 1 N–H and O–H groups in total. The van der Waals surface area contributed by atoms with Crippen LogP contribution < -0.4 is 0 Å². The molecule has 1 fully saturated rings. The zero-order valence-electron chi connectivity index (χ0n) is 13.3. The third-order valence-electron chi connectivity index (χ3n) is 4.99. The highest BCUT2D eigenvalue weighted by Gasteiger charge is 2.40. The summed E-state index contributed by atoms with van der Waals surface area (Å²) in [5.41, 5.74) is 3.37. The summed E-state index contributed by atoms with van der Waals surface area (Å²) in [6.07, 6.45) is 4.08. The van der Waals surface area contributed by atoms with Gasteiger partial charge in [-0.25, -0.2) is 4.79 Å². The number of hydrogen-bond acceptors (Lipinski definition) is 2. The molecule has 0 aromatic heterocycles. The maximum Gasteiger partial charge on any atom is 0.335 e. The van der Waals surface area contributed by atoms with E-state index in [-0.39, 0.29) is 17.5 Å².